The molecule has 1 unspecified atom stereocenters. The van der Waals surface area contributed by atoms with E-state index in [-0.39, 0.29) is 0 Å². The van der Waals surface area contributed by atoms with Gasteiger partial charge in [-0.1, -0.05) is 6.07 Å². The van der Waals surface area contributed by atoms with Gasteiger partial charge in [0.2, 0.25) is 0 Å². The van der Waals surface area contributed by atoms with E-state index in [1.165, 1.54) is 5.56 Å². The molecule has 1 heterocycles. The molecule has 1 aliphatic rings. The summed E-state index contributed by atoms with van der Waals surface area (Å²) in [5.74, 6) is 1.62. The average Bonchev–Trinajstić information content (AvgIpc) is 2.54. The molecule has 0 bridgehead atoms. The summed E-state index contributed by atoms with van der Waals surface area (Å²) in [5, 5.41) is 3.64. The lowest BCUT2D eigenvalue weighted by Gasteiger charge is -2.24. The van der Waals surface area contributed by atoms with E-state index in [0.717, 1.165) is 49.8 Å². The minimum Gasteiger partial charge on any atom is -0.496 e. The first-order valence-corrected chi connectivity index (χ1v) is 7.71. The van der Waals surface area contributed by atoms with Crippen molar-refractivity contribution in [2.45, 2.75) is 32.4 Å². The number of nitrogens with one attached hydrogen (secondary N) is 1. The predicted molar refractivity (Wildman–Crippen MR) is 83.7 cm³/mol. The SMILES string of the molecule is COCc1cc(C(C)NCC2CCOCC2)ccc1OC. The van der Waals surface area contributed by atoms with Crippen LogP contribution in [-0.2, 0) is 16.1 Å². The minimum atomic E-state index is 0.328. The average molecular weight is 293 g/mol. The molecule has 0 saturated carbocycles. The zero-order chi connectivity index (χ0) is 15.1. The molecule has 1 saturated heterocycles. The standard InChI is InChI=1S/C17H27NO3/c1-13(18-11-14-6-8-21-9-7-14)15-4-5-17(20-3)16(10-15)12-19-2/h4-5,10,13-14,18H,6-9,11-12H2,1-3H3. The van der Waals surface area contributed by atoms with Gasteiger partial charge in [-0.05, 0) is 49.9 Å². The van der Waals surface area contributed by atoms with Crippen LogP contribution in [0.2, 0.25) is 0 Å². The Labute approximate surface area is 127 Å². The molecule has 1 fully saturated rings. The maximum atomic E-state index is 5.40. The Bertz CT molecular complexity index is 430. The van der Waals surface area contributed by atoms with Gasteiger partial charge in [-0.25, -0.2) is 0 Å². The van der Waals surface area contributed by atoms with Crippen molar-refractivity contribution in [2.75, 3.05) is 34.0 Å². The Morgan fingerprint density at radius 1 is 1.29 bits per heavy atom. The molecule has 0 aliphatic carbocycles. The lowest BCUT2D eigenvalue weighted by molar-refractivity contribution is 0.0656. The number of methoxy groups -OCH3 is 2. The number of hydrogen-bond acceptors (Lipinski definition) is 4. The van der Waals surface area contributed by atoms with Crippen LogP contribution in [0.25, 0.3) is 0 Å². The van der Waals surface area contributed by atoms with Gasteiger partial charge in [0.1, 0.15) is 5.75 Å². The summed E-state index contributed by atoms with van der Waals surface area (Å²) in [4.78, 5) is 0. The summed E-state index contributed by atoms with van der Waals surface area (Å²) in [7, 11) is 3.40. The van der Waals surface area contributed by atoms with Gasteiger partial charge in [-0.2, -0.15) is 0 Å². The zero-order valence-electron chi connectivity index (χ0n) is 13.4. The van der Waals surface area contributed by atoms with E-state index in [4.69, 9.17) is 14.2 Å². The maximum absolute atomic E-state index is 5.40. The van der Waals surface area contributed by atoms with Gasteiger partial charge in [0.15, 0.2) is 0 Å². The molecular formula is C17H27NO3. The highest BCUT2D eigenvalue weighted by Gasteiger charge is 2.15. The van der Waals surface area contributed by atoms with Gasteiger partial charge in [-0.3, -0.25) is 0 Å². The summed E-state index contributed by atoms with van der Waals surface area (Å²) >= 11 is 0. The monoisotopic (exact) mass is 293 g/mol. The second-order valence-electron chi connectivity index (χ2n) is 5.69. The predicted octanol–water partition coefficient (Wildman–Crippen LogP) is 2.92. The van der Waals surface area contributed by atoms with Crippen molar-refractivity contribution < 1.29 is 14.2 Å². The number of hydrogen-bond donors (Lipinski definition) is 1. The van der Waals surface area contributed by atoms with Crippen molar-refractivity contribution in [3.63, 3.8) is 0 Å². The number of benzene rings is 1. The van der Waals surface area contributed by atoms with E-state index in [2.05, 4.69) is 24.4 Å². The third kappa shape index (κ3) is 4.70. The molecule has 118 valence electrons. The number of ether oxygens (including phenoxy) is 3. The highest BCUT2D eigenvalue weighted by molar-refractivity contribution is 5.38. The van der Waals surface area contributed by atoms with Crippen molar-refractivity contribution >= 4 is 0 Å². The van der Waals surface area contributed by atoms with Crippen LogP contribution in [0.5, 0.6) is 5.75 Å². The Morgan fingerprint density at radius 2 is 2.05 bits per heavy atom. The van der Waals surface area contributed by atoms with Crippen LogP contribution in [0, 0.1) is 5.92 Å². The molecule has 0 amide bonds. The molecule has 4 nitrogen and oxygen atoms in total. The molecule has 4 heteroatoms. The summed E-state index contributed by atoms with van der Waals surface area (Å²) in [5.41, 5.74) is 2.37. The number of rotatable bonds is 7. The summed E-state index contributed by atoms with van der Waals surface area (Å²) in [6.07, 6.45) is 2.33. The fraction of sp³-hybridized carbons (Fsp3) is 0.647. The van der Waals surface area contributed by atoms with Gasteiger partial charge in [0, 0.05) is 31.9 Å². The molecule has 21 heavy (non-hydrogen) atoms. The van der Waals surface area contributed by atoms with Gasteiger partial charge >= 0.3 is 0 Å². The van der Waals surface area contributed by atoms with Crippen LogP contribution < -0.4 is 10.1 Å². The lowest BCUT2D eigenvalue weighted by atomic mass is 9.99. The van der Waals surface area contributed by atoms with E-state index in [1.54, 1.807) is 14.2 Å². The Hall–Kier alpha value is -1.10. The van der Waals surface area contributed by atoms with Gasteiger partial charge in [-0.15, -0.1) is 0 Å². The summed E-state index contributed by atoms with van der Waals surface area (Å²) < 4.78 is 16.0. The normalized spacial score (nSPS) is 17.7. The molecule has 0 radical (unpaired) electrons. The van der Waals surface area contributed by atoms with Crippen molar-refractivity contribution in [3.8, 4) is 5.75 Å². The molecular weight excluding hydrogens is 266 g/mol. The summed E-state index contributed by atoms with van der Waals surface area (Å²) in [6.45, 7) is 5.64. The van der Waals surface area contributed by atoms with Crippen molar-refractivity contribution in [1.29, 1.82) is 0 Å². The smallest absolute Gasteiger partial charge is 0.124 e. The van der Waals surface area contributed by atoms with Crippen LogP contribution in [0.4, 0.5) is 0 Å². The fourth-order valence-electron chi connectivity index (χ4n) is 2.75. The molecule has 1 N–H and O–H groups in total. The molecule has 0 aromatic heterocycles. The highest BCUT2D eigenvalue weighted by atomic mass is 16.5. The molecule has 2 rings (SSSR count). The molecule has 1 atom stereocenters. The van der Waals surface area contributed by atoms with E-state index < -0.39 is 0 Å². The van der Waals surface area contributed by atoms with Crippen molar-refractivity contribution in [3.05, 3.63) is 29.3 Å². The molecule has 0 spiro atoms. The van der Waals surface area contributed by atoms with Crippen LogP contribution in [0.1, 0.15) is 36.9 Å². The molecule has 1 aliphatic heterocycles. The molecule has 1 aromatic rings. The van der Waals surface area contributed by atoms with E-state index in [0.29, 0.717) is 12.6 Å². The Kier molecular flexibility index (Phi) is 6.49. The fourth-order valence-corrected chi connectivity index (χ4v) is 2.75. The summed E-state index contributed by atoms with van der Waals surface area (Å²) in [6, 6.07) is 6.65. The van der Waals surface area contributed by atoms with E-state index >= 15 is 0 Å². The first kappa shape index (κ1) is 16.3. The second kappa shape index (κ2) is 8.37. The van der Waals surface area contributed by atoms with Crippen LogP contribution in [0.3, 0.4) is 0 Å². The van der Waals surface area contributed by atoms with Gasteiger partial charge in [0.25, 0.3) is 0 Å². The van der Waals surface area contributed by atoms with E-state index in [9.17, 15) is 0 Å². The largest absolute Gasteiger partial charge is 0.496 e. The highest BCUT2D eigenvalue weighted by Crippen LogP contribution is 2.24. The van der Waals surface area contributed by atoms with Gasteiger partial charge in [0.05, 0.1) is 13.7 Å². The first-order chi connectivity index (χ1) is 10.2. The van der Waals surface area contributed by atoms with E-state index in [1.807, 2.05) is 6.07 Å². The van der Waals surface area contributed by atoms with Crippen LogP contribution in [0.15, 0.2) is 18.2 Å². The Balaban J connectivity index is 1.94. The minimum absolute atomic E-state index is 0.328. The first-order valence-electron chi connectivity index (χ1n) is 7.71. The third-order valence-electron chi connectivity index (χ3n) is 4.16. The molecule has 1 aromatic carbocycles. The maximum Gasteiger partial charge on any atom is 0.124 e. The van der Waals surface area contributed by atoms with Crippen molar-refractivity contribution in [1.82, 2.24) is 5.32 Å². The topological polar surface area (TPSA) is 39.7 Å². The van der Waals surface area contributed by atoms with Crippen LogP contribution in [-0.4, -0.2) is 34.0 Å². The zero-order valence-corrected chi connectivity index (χ0v) is 13.4. The van der Waals surface area contributed by atoms with Crippen LogP contribution >= 0.6 is 0 Å². The quantitative estimate of drug-likeness (QED) is 0.839. The lowest BCUT2D eigenvalue weighted by Crippen LogP contribution is -2.29. The van der Waals surface area contributed by atoms with Gasteiger partial charge < -0.3 is 19.5 Å². The van der Waals surface area contributed by atoms with Crippen molar-refractivity contribution in [2.24, 2.45) is 5.92 Å². The second-order valence-corrected chi connectivity index (χ2v) is 5.69. The third-order valence-corrected chi connectivity index (χ3v) is 4.16. The Morgan fingerprint density at radius 3 is 2.71 bits per heavy atom.